The lowest BCUT2D eigenvalue weighted by molar-refractivity contribution is 0.547. The van der Waals surface area contributed by atoms with Crippen molar-refractivity contribution in [3.05, 3.63) is 59.1 Å². The van der Waals surface area contributed by atoms with Gasteiger partial charge >= 0.3 is 0 Å². The normalized spacial score (nSPS) is 18.2. The molecule has 3 aromatic rings. The number of nitrogens with zero attached hydrogens (tertiary/aromatic N) is 2. The number of halogens is 1. The second-order valence-corrected chi connectivity index (χ2v) is 6.22. The lowest BCUT2D eigenvalue weighted by Crippen LogP contribution is -2.31. The minimum absolute atomic E-state index is 0.450. The van der Waals surface area contributed by atoms with E-state index < -0.39 is 0 Å². The lowest BCUT2D eigenvalue weighted by Gasteiger charge is -2.22. The van der Waals surface area contributed by atoms with Crippen molar-refractivity contribution in [3.63, 3.8) is 0 Å². The van der Waals surface area contributed by atoms with E-state index in [9.17, 15) is 0 Å². The quantitative estimate of drug-likeness (QED) is 0.702. The molecule has 2 heterocycles. The van der Waals surface area contributed by atoms with Crippen LogP contribution < -0.4 is 4.90 Å². The third-order valence-corrected chi connectivity index (χ3v) is 4.51. The molecule has 112 valence electrons. The Morgan fingerprint density at radius 2 is 2.05 bits per heavy atom. The maximum absolute atomic E-state index is 6.03. The van der Waals surface area contributed by atoms with E-state index in [0.29, 0.717) is 11.1 Å². The van der Waals surface area contributed by atoms with E-state index in [1.54, 1.807) is 0 Å². The highest BCUT2D eigenvalue weighted by Crippen LogP contribution is 2.30. The number of oxazole rings is 1. The maximum Gasteiger partial charge on any atom is 0.298 e. The van der Waals surface area contributed by atoms with Crippen LogP contribution in [-0.4, -0.2) is 17.6 Å². The Kier molecular flexibility index (Phi) is 3.51. The summed E-state index contributed by atoms with van der Waals surface area (Å²) in [5, 5.41) is 0.689. The van der Waals surface area contributed by atoms with Gasteiger partial charge in [-0.25, -0.2) is 0 Å². The van der Waals surface area contributed by atoms with Gasteiger partial charge in [0.2, 0.25) is 0 Å². The van der Waals surface area contributed by atoms with Crippen LogP contribution in [0.1, 0.15) is 18.4 Å². The Morgan fingerprint density at radius 3 is 2.91 bits per heavy atom. The van der Waals surface area contributed by atoms with Crippen molar-refractivity contribution < 1.29 is 4.42 Å². The number of rotatable bonds is 3. The minimum atomic E-state index is 0.450. The Labute approximate surface area is 134 Å². The first-order chi connectivity index (χ1) is 10.8. The van der Waals surface area contributed by atoms with Crippen molar-refractivity contribution in [3.8, 4) is 0 Å². The number of hydrogen-bond donors (Lipinski definition) is 0. The average molecular weight is 313 g/mol. The third kappa shape index (κ3) is 2.57. The number of anilines is 1. The van der Waals surface area contributed by atoms with E-state index in [-0.39, 0.29) is 0 Å². The molecule has 1 aliphatic heterocycles. The Morgan fingerprint density at radius 1 is 1.18 bits per heavy atom. The van der Waals surface area contributed by atoms with Gasteiger partial charge in [0.05, 0.1) is 0 Å². The molecule has 4 heteroatoms. The van der Waals surface area contributed by atoms with Crippen molar-refractivity contribution in [1.29, 1.82) is 0 Å². The maximum atomic E-state index is 6.03. The summed E-state index contributed by atoms with van der Waals surface area (Å²) in [5.74, 6) is 0. The molecule has 3 nitrogen and oxygen atoms in total. The van der Waals surface area contributed by atoms with Gasteiger partial charge in [0.25, 0.3) is 6.01 Å². The molecule has 1 saturated heterocycles. The molecule has 0 saturated carbocycles. The lowest BCUT2D eigenvalue weighted by atomic mass is 10.0. The van der Waals surface area contributed by atoms with Crippen LogP contribution >= 0.6 is 11.6 Å². The summed E-state index contributed by atoms with van der Waals surface area (Å²) in [5.41, 5.74) is 2.98. The fraction of sp³-hybridized carbons (Fsp3) is 0.278. The molecule has 0 aliphatic carbocycles. The fourth-order valence-electron chi connectivity index (χ4n) is 3.20. The molecule has 2 aromatic carbocycles. The zero-order chi connectivity index (χ0) is 14.9. The molecule has 1 fully saturated rings. The van der Waals surface area contributed by atoms with Crippen LogP contribution in [0.15, 0.2) is 52.9 Å². The van der Waals surface area contributed by atoms with E-state index >= 15 is 0 Å². The van der Waals surface area contributed by atoms with Gasteiger partial charge in [-0.05, 0) is 43.0 Å². The number of benzene rings is 2. The number of hydrogen-bond acceptors (Lipinski definition) is 3. The first-order valence-electron chi connectivity index (χ1n) is 7.66. The summed E-state index contributed by atoms with van der Waals surface area (Å²) in [6.45, 7) is 0.998. The second-order valence-electron chi connectivity index (χ2n) is 5.79. The van der Waals surface area contributed by atoms with Crippen molar-refractivity contribution >= 4 is 28.7 Å². The smallest absolute Gasteiger partial charge is 0.298 e. The summed E-state index contributed by atoms with van der Waals surface area (Å²) in [4.78, 5) is 6.91. The minimum Gasteiger partial charge on any atom is -0.423 e. The molecule has 4 rings (SSSR count). The molecule has 1 aromatic heterocycles. The van der Waals surface area contributed by atoms with Gasteiger partial charge in [0.15, 0.2) is 5.58 Å². The van der Waals surface area contributed by atoms with Crippen LogP contribution in [0, 0.1) is 0 Å². The van der Waals surface area contributed by atoms with Crippen molar-refractivity contribution in [1.82, 2.24) is 4.98 Å². The predicted molar refractivity (Wildman–Crippen MR) is 89.5 cm³/mol. The molecule has 22 heavy (non-hydrogen) atoms. The summed E-state index contributed by atoms with van der Waals surface area (Å²) in [6.07, 6.45) is 3.38. The third-order valence-electron chi connectivity index (χ3n) is 4.28. The van der Waals surface area contributed by atoms with Gasteiger partial charge in [-0.1, -0.05) is 41.9 Å². The SMILES string of the molecule is Clc1ccc2oc(N3CCCC3Cc3ccccc3)nc2c1. The van der Waals surface area contributed by atoms with Crippen LogP contribution in [0.3, 0.4) is 0 Å². The van der Waals surface area contributed by atoms with Gasteiger partial charge in [-0.15, -0.1) is 0 Å². The van der Waals surface area contributed by atoms with Crippen LogP contribution in [0.4, 0.5) is 6.01 Å². The Bertz CT molecular complexity index is 784. The largest absolute Gasteiger partial charge is 0.423 e. The molecule has 0 radical (unpaired) electrons. The predicted octanol–water partition coefficient (Wildman–Crippen LogP) is 4.69. The zero-order valence-electron chi connectivity index (χ0n) is 12.2. The molecule has 1 aliphatic rings. The Balaban J connectivity index is 1.61. The number of fused-ring (bicyclic) bond motifs is 1. The van der Waals surface area contributed by atoms with E-state index in [4.69, 9.17) is 16.0 Å². The van der Waals surface area contributed by atoms with Crippen LogP contribution in [0.25, 0.3) is 11.1 Å². The molecular formula is C18H17ClN2O. The summed E-state index contributed by atoms with van der Waals surface area (Å²) < 4.78 is 5.93. The zero-order valence-corrected chi connectivity index (χ0v) is 13.0. The van der Waals surface area contributed by atoms with E-state index in [1.807, 2.05) is 18.2 Å². The first kappa shape index (κ1) is 13.6. The molecule has 0 N–H and O–H groups in total. The standard InChI is InChI=1S/C18H17ClN2O/c19-14-8-9-17-16(12-14)20-18(22-17)21-10-4-7-15(21)11-13-5-2-1-3-6-13/h1-3,5-6,8-9,12,15H,4,7,10-11H2. The highest BCUT2D eigenvalue weighted by Gasteiger charge is 2.28. The van der Waals surface area contributed by atoms with Crippen LogP contribution in [-0.2, 0) is 6.42 Å². The van der Waals surface area contributed by atoms with E-state index in [2.05, 4.69) is 40.2 Å². The van der Waals surface area contributed by atoms with Crippen LogP contribution in [0.2, 0.25) is 5.02 Å². The Hall–Kier alpha value is -2.00. The van der Waals surface area contributed by atoms with Gasteiger partial charge in [0, 0.05) is 17.6 Å². The van der Waals surface area contributed by atoms with Crippen LogP contribution in [0.5, 0.6) is 0 Å². The van der Waals surface area contributed by atoms with E-state index in [1.165, 1.54) is 18.4 Å². The molecule has 1 unspecified atom stereocenters. The van der Waals surface area contributed by atoms with Gasteiger partial charge in [-0.3, -0.25) is 0 Å². The topological polar surface area (TPSA) is 29.3 Å². The molecule has 1 atom stereocenters. The van der Waals surface area contributed by atoms with Gasteiger partial charge in [-0.2, -0.15) is 4.98 Å². The number of aromatic nitrogens is 1. The second kappa shape index (κ2) is 5.65. The first-order valence-corrected chi connectivity index (χ1v) is 8.04. The summed E-state index contributed by atoms with van der Waals surface area (Å²) >= 11 is 6.03. The summed E-state index contributed by atoms with van der Waals surface area (Å²) in [7, 11) is 0. The van der Waals surface area contributed by atoms with E-state index in [0.717, 1.165) is 30.1 Å². The monoisotopic (exact) mass is 312 g/mol. The van der Waals surface area contributed by atoms with Crippen molar-refractivity contribution in [2.24, 2.45) is 0 Å². The van der Waals surface area contributed by atoms with Crippen molar-refractivity contribution in [2.75, 3.05) is 11.4 Å². The summed E-state index contributed by atoms with van der Waals surface area (Å²) in [6, 6.07) is 17.4. The van der Waals surface area contributed by atoms with Gasteiger partial charge < -0.3 is 9.32 Å². The molecule has 0 spiro atoms. The molecule has 0 bridgehead atoms. The van der Waals surface area contributed by atoms with Crippen molar-refractivity contribution in [2.45, 2.75) is 25.3 Å². The average Bonchev–Trinajstić information content (AvgIpc) is 3.14. The van der Waals surface area contributed by atoms with Gasteiger partial charge in [0.1, 0.15) is 5.52 Å². The highest BCUT2D eigenvalue weighted by molar-refractivity contribution is 6.31. The molecular weight excluding hydrogens is 296 g/mol. The fourth-order valence-corrected chi connectivity index (χ4v) is 3.36. The highest BCUT2D eigenvalue weighted by atomic mass is 35.5. The molecule has 0 amide bonds.